The van der Waals surface area contributed by atoms with Gasteiger partial charge in [-0.15, -0.1) is 0 Å². The molecule has 0 spiro atoms. The van der Waals surface area contributed by atoms with Crippen LogP contribution in [-0.2, 0) is 27.5 Å². The molecule has 10 heteroatoms. The fourth-order valence-electron chi connectivity index (χ4n) is 4.63. The lowest BCUT2D eigenvalue weighted by Gasteiger charge is -2.56. The largest absolute Gasteiger partial charge is 0.408 e. The molecule has 2 heterocycles. The Morgan fingerprint density at radius 3 is 1.71 bits per heavy atom. The fourth-order valence-corrected chi connectivity index (χ4v) is 8.89. The summed E-state index contributed by atoms with van der Waals surface area (Å²) in [5.74, 6) is 0. The molecule has 2 saturated heterocycles. The van der Waals surface area contributed by atoms with Crippen LogP contribution in [0.25, 0.3) is 0 Å². The molecular formula is C31H61IO6Si3. The van der Waals surface area contributed by atoms with Crippen molar-refractivity contribution in [3.05, 3.63) is 10.2 Å². The van der Waals surface area contributed by atoms with Crippen molar-refractivity contribution < 1.29 is 27.5 Å². The van der Waals surface area contributed by atoms with Crippen molar-refractivity contribution in [1.82, 2.24) is 0 Å². The van der Waals surface area contributed by atoms with Crippen molar-refractivity contribution in [2.45, 2.75) is 179 Å². The van der Waals surface area contributed by atoms with E-state index in [-0.39, 0.29) is 57.8 Å². The van der Waals surface area contributed by atoms with Crippen molar-refractivity contribution in [2.75, 3.05) is 0 Å². The van der Waals surface area contributed by atoms with E-state index in [0.29, 0.717) is 6.42 Å². The van der Waals surface area contributed by atoms with E-state index in [1.807, 2.05) is 0 Å². The number of ether oxygens (including phenoxy) is 2. The van der Waals surface area contributed by atoms with Crippen LogP contribution in [0.15, 0.2) is 10.2 Å². The summed E-state index contributed by atoms with van der Waals surface area (Å²) in [5.41, 5.74) is 0. The van der Waals surface area contributed by atoms with E-state index in [4.69, 9.17) is 22.8 Å². The van der Waals surface area contributed by atoms with Gasteiger partial charge in [0.2, 0.25) is 0 Å². The molecule has 1 unspecified atom stereocenters. The van der Waals surface area contributed by atoms with E-state index in [0.717, 1.165) is 19.1 Å². The van der Waals surface area contributed by atoms with Crippen LogP contribution >= 0.6 is 22.6 Å². The van der Waals surface area contributed by atoms with Gasteiger partial charge in [0.25, 0.3) is 0 Å². The van der Waals surface area contributed by atoms with Gasteiger partial charge in [-0.1, -0.05) is 84.9 Å². The van der Waals surface area contributed by atoms with Gasteiger partial charge in [-0.25, -0.2) is 0 Å². The van der Waals surface area contributed by atoms with E-state index in [1.165, 1.54) is 0 Å². The van der Waals surface area contributed by atoms with E-state index in [1.54, 1.807) is 0 Å². The van der Waals surface area contributed by atoms with E-state index in [9.17, 15) is 4.79 Å². The smallest absolute Gasteiger partial charge is 0.193 e. The summed E-state index contributed by atoms with van der Waals surface area (Å²) in [4.78, 5) is 11.5. The van der Waals surface area contributed by atoms with Crippen LogP contribution in [0.3, 0.4) is 0 Å². The molecule has 0 radical (unpaired) electrons. The molecule has 240 valence electrons. The molecule has 0 aromatic rings. The summed E-state index contributed by atoms with van der Waals surface area (Å²) in [5, 5.41) is 0.0521. The lowest BCUT2D eigenvalue weighted by atomic mass is 9.87. The predicted molar refractivity (Wildman–Crippen MR) is 187 cm³/mol. The number of carbonyl (C=O) groups is 1. The van der Waals surface area contributed by atoms with Crippen molar-refractivity contribution in [2.24, 2.45) is 0 Å². The third-order valence-corrected chi connectivity index (χ3v) is 24.3. The zero-order valence-electron chi connectivity index (χ0n) is 28.7. The number of hydrogen-bond donors (Lipinski definition) is 0. The molecule has 0 aromatic carbocycles. The molecule has 2 aliphatic rings. The number of rotatable bonds is 10. The first kappa shape index (κ1) is 37.8. The molecule has 0 bridgehead atoms. The van der Waals surface area contributed by atoms with Crippen molar-refractivity contribution in [1.29, 1.82) is 0 Å². The molecule has 2 fully saturated rings. The lowest BCUT2D eigenvalue weighted by molar-refractivity contribution is -0.266. The number of carbonyl (C=O) groups excluding carboxylic acids is 1. The van der Waals surface area contributed by atoms with Gasteiger partial charge in [0, 0.05) is 6.42 Å². The number of halogens is 1. The van der Waals surface area contributed by atoms with Gasteiger partial charge < -0.3 is 27.5 Å². The summed E-state index contributed by atoms with van der Waals surface area (Å²) >= 11 is 2.29. The normalized spacial score (nSPS) is 29.9. The minimum absolute atomic E-state index is 0.00170. The predicted octanol–water partition coefficient (Wildman–Crippen LogP) is 9.01. The Bertz CT molecular complexity index is 903. The Balaban J connectivity index is 2.73. The summed E-state index contributed by atoms with van der Waals surface area (Å²) in [6.07, 6.45) is 3.25. The maximum atomic E-state index is 11.5. The first-order valence-electron chi connectivity index (χ1n) is 15.4. The average molecular weight is 741 g/mol. The highest BCUT2D eigenvalue weighted by molar-refractivity contribution is 14.1. The van der Waals surface area contributed by atoms with Crippen LogP contribution in [0.5, 0.6) is 0 Å². The second kappa shape index (κ2) is 13.5. The average Bonchev–Trinajstić information content (AvgIpc) is 2.78. The highest BCUT2D eigenvalue weighted by atomic mass is 127. The molecule has 0 amide bonds. The highest BCUT2D eigenvalue weighted by Gasteiger charge is 2.57. The third kappa shape index (κ3) is 9.08. The Morgan fingerprint density at radius 2 is 1.27 bits per heavy atom. The van der Waals surface area contributed by atoms with Gasteiger partial charge in [0.1, 0.15) is 30.7 Å². The van der Waals surface area contributed by atoms with Crippen LogP contribution in [0, 0.1) is 0 Å². The lowest BCUT2D eigenvalue weighted by Crippen LogP contribution is -2.69. The topological polar surface area (TPSA) is 63.2 Å². The SMILES string of the molecule is CC(C)(C)[Si](C)(C)O[C@@H]1[C@H]([C@H](/C=C/I)O[Si](C)(C)C(C)(C)C)OC2CC[C@H](CC=O)O[C@@H]2[C@@H]1O[Si](C)(C)C(C)(C)C. The minimum atomic E-state index is -2.28. The first-order valence-corrected chi connectivity index (χ1v) is 25.4. The van der Waals surface area contributed by atoms with E-state index >= 15 is 0 Å². The maximum Gasteiger partial charge on any atom is 0.193 e. The maximum absolute atomic E-state index is 11.5. The van der Waals surface area contributed by atoms with E-state index < -0.39 is 25.0 Å². The van der Waals surface area contributed by atoms with Gasteiger partial charge >= 0.3 is 0 Å². The van der Waals surface area contributed by atoms with Gasteiger partial charge in [-0.2, -0.15) is 0 Å². The molecule has 0 saturated carbocycles. The van der Waals surface area contributed by atoms with Gasteiger partial charge in [0.05, 0.1) is 18.3 Å². The molecule has 0 N–H and O–H groups in total. The molecule has 7 atom stereocenters. The summed E-state index contributed by atoms with van der Waals surface area (Å²) < 4.78 is 37.6. The minimum Gasteiger partial charge on any atom is -0.408 e. The Morgan fingerprint density at radius 1 is 0.780 bits per heavy atom. The van der Waals surface area contributed by atoms with Crippen LogP contribution in [0.2, 0.25) is 54.4 Å². The Kier molecular flexibility index (Phi) is 12.5. The summed E-state index contributed by atoms with van der Waals surface area (Å²) in [7, 11) is -6.69. The standard InChI is InChI=1S/C31H61IO6Si3/c1-29(2,3)39(10,11)36-24(18-20-32)26-28(38-41(14,15)31(7,8)9)27(37-40(12,13)30(4,5)6)25-23(35-26)17-16-22(34-25)19-21-33/h18,20-28H,16-17,19H2,1-15H3/b20-18+/t22-,23?,24+,25+,26+,27+,28-/m1/s1. The fraction of sp³-hybridized carbons (Fsp3) is 0.903. The molecule has 41 heavy (non-hydrogen) atoms. The van der Waals surface area contributed by atoms with Crippen LogP contribution in [0.4, 0.5) is 0 Å². The van der Waals surface area contributed by atoms with Gasteiger partial charge in [-0.3, -0.25) is 0 Å². The highest BCUT2D eigenvalue weighted by Crippen LogP contribution is 2.47. The molecule has 6 nitrogen and oxygen atoms in total. The zero-order valence-corrected chi connectivity index (χ0v) is 33.9. The Hall–Kier alpha value is 0.591. The van der Waals surface area contributed by atoms with Gasteiger partial charge in [-0.05, 0) is 77.4 Å². The van der Waals surface area contributed by atoms with Crippen molar-refractivity contribution in [3.8, 4) is 0 Å². The van der Waals surface area contributed by atoms with Crippen molar-refractivity contribution in [3.63, 3.8) is 0 Å². The monoisotopic (exact) mass is 740 g/mol. The molecule has 0 aromatic heterocycles. The molecule has 0 aliphatic carbocycles. The van der Waals surface area contributed by atoms with Crippen molar-refractivity contribution >= 4 is 53.8 Å². The summed E-state index contributed by atoms with van der Waals surface area (Å²) in [6, 6.07) is 0. The van der Waals surface area contributed by atoms with Gasteiger partial charge in [0.15, 0.2) is 25.0 Å². The van der Waals surface area contributed by atoms with E-state index in [2.05, 4.69) is 134 Å². The van der Waals surface area contributed by atoms with Crippen LogP contribution in [-0.4, -0.2) is 74.0 Å². The first-order chi connectivity index (χ1) is 18.4. The summed E-state index contributed by atoms with van der Waals surface area (Å²) in [6.45, 7) is 34.3. The molecule has 2 aliphatic heterocycles. The zero-order chi connectivity index (χ0) is 31.8. The number of fused-ring (bicyclic) bond motifs is 1. The second-order valence-corrected chi connectivity index (χ2v) is 31.7. The molecular weight excluding hydrogens is 679 g/mol. The molecule has 2 rings (SSSR count). The van der Waals surface area contributed by atoms with Crippen LogP contribution < -0.4 is 0 Å². The Labute approximate surface area is 268 Å². The third-order valence-electron chi connectivity index (χ3n) is 10.4. The number of hydrogen-bond acceptors (Lipinski definition) is 6. The quantitative estimate of drug-likeness (QED) is 0.127. The number of aldehydes is 1. The second-order valence-electron chi connectivity index (χ2n) is 16.7. The van der Waals surface area contributed by atoms with Crippen LogP contribution in [0.1, 0.15) is 81.6 Å².